The zero-order valence-electron chi connectivity index (χ0n) is 15.9. The maximum absolute atomic E-state index is 15.0. The Bertz CT molecular complexity index is 890. The Labute approximate surface area is 158 Å². The number of halogens is 1. The summed E-state index contributed by atoms with van der Waals surface area (Å²) in [4.78, 5) is 20.2. The van der Waals surface area contributed by atoms with Crippen molar-refractivity contribution in [2.75, 3.05) is 38.6 Å². The summed E-state index contributed by atoms with van der Waals surface area (Å²) in [5.41, 5.74) is 0.492. The first-order valence-corrected chi connectivity index (χ1v) is 8.95. The monoisotopic (exact) mass is 369 g/mol. The molecule has 1 aliphatic heterocycles. The van der Waals surface area contributed by atoms with E-state index < -0.39 is 5.67 Å². The number of benzene rings is 1. The summed E-state index contributed by atoms with van der Waals surface area (Å²) < 4.78 is 15.0. The van der Waals surface area contributed by atoms with Crippen molar-refractivity contribution in [3.8, 4) is 6.07 Å². The number of amides is 1. The Morgan fingerprint density at radius 3 is 2.96 bits per heavy atom. The lowest BCUT2D eigenvalue weighted by molar-refractivity contribution is -0.122. The second kappa shape index (κ2) is 7.49. The van der Waals surface area contributed by atoms with Gasteiger partial charge in [-0.05, 0) is 45.3 Å². The molecule has 0 aliphatic carbocycles. The number of piperidine rings is 1. The van der Waals surface area contributed by atoms with E-state index in [-0.39, 0.29) is 31.5 Å². The molecule has 142 valence electrons. The van der Waals surface area contributed by atoms with E-state index in [1.165, 1.54) is 0 Å². The Morgan fingerprint density at radius 2 is 2.26 bits per heavy atom. The number of likely N-dealkylation sites (N-methyl/N-ethyl adjacent to an activating group) is 1. The van der Waals surface area contributed by atoms with Crippen LogP contribution in [0.3, 0.4) is 0 Å². The van der Waals surface area contributed by atoms with Gasteiger partial charge in [-0.2, -0.15) is 5.26 Å². The molecule has 0 spiro atoms. The van der Waals surface area contributed by atoms with Crippen LogP contribution in [0.2, 0.25) is 0 Å². The average molecular weight is 369 g/mol. The number of aromatic nitrogens is 1. The van der Waals surface area contributed by atoms with Crippen molar-refractivity contribution in [3.63, 3.8) is 0 Å². The number of carbonyl (C=O) groups is 1. The minimum Gasteiger partial charge on any atom is -0.366 e. The number of pyridine rings is 1. The molecule has 6 nitrogen and oxygen atoms in total. The number of alkyl halides is 1. The number of nitrogens with zero attached hydrogens (tertiary/aromatic N) is 4. The number of hydrogen-bond acceptors (Lipinski definition) is 5. The molecule has 27 heavy (non-hydrogen) atoms. The third-order valence-corrected chi connectivity index (χ3v) is 4.67. The summed E-state index contributed by atoms with van der Waals surface area (Å²) >= 11 is 0. The van der Waals surface area contributed by atoms with Gasteiger partial charge in [-0.3, -0.25) is 9.78 Å². The van der Waals surface area contributed by atoms with Crippen LogP contribution in [0.1, 0.15) is 18.9 Å². The van der Waals surface area contributed by atoms with Crippen LogP contribution in [0.25, 0.3) is 10.9 Å². The molecular weight excluding hydrogens is 345 g/mol. The van der Waals surface area contributed by atoms with E-state index in [1.807, 2.05) is 37.2 Å². The highest BCUT2D eigenvalue weighted by atomic mass is 19.1. The highest BCUT2D eigenvalue weighted by Crippen LogP contribution is 2.33. The normalized spacial score (nSPS) is 22.7. The molecule has 2 atom stereocenters. The number of fused-ring (bicyclic) bond motifs is 1. The molecule has 2 aromatic rings. The fraction of sp³-hybridized carbons (Fsp3) is 0.450. The van der Waals surface area contributed by atoms with Gasteiger partial charge in [0.2, 0.25) is 5.91 Å². The lowest BCUT2D eigenvalue weighted by Gasteiger charge is -2.41. The second-order valence-electron chi connectivity index (χ2n) is 7.64. The smallest absolute Gasteiger partial charge is 0.234 e. The van der Waals surface area contributed by atoms with Crippen LogP contribution >= 0.6 is 0 Å². The molecule has 0 radical (unpaired) electrons. The summed E-state index contributed by atoms with van der Waals surface area (Å²) in [6.07, 6.45) is 1.92. The Morgan fingerprint density at radius 1 is 1.48 bits per heavy atom. The van der Waals surface area contributed by atoms with Crippen molar-refractivity contribution in [2.45, 2.75) is 25.1 Å². The predicted molar refractivity (Wildman–Crippen MR) is 103 cm³/mol. The molecule has 1 fully saturated rings. The zero-order chi connectivity index (χ0) is 19.6. The highest BCUT2D eigenvalue weighted by Gasteiger charge is 2.37. The minimum absolute atomic E-state index is 0.117. The Balaban J connectivity index is 1.91. The summed E-state index contributed by atoms with van der Waals surface area (Å²) in [6.45, 7) is 2.56. The molecular formula is C20H24FN5O. The number of nitrogens with one attached hydrogen (secondary N) is 1. The highest BCUT2D eigenvalue weighted by molar-refractivity contribution is 5.95. The zero-order valence-corrected chi connectivity index (χ0v) is 15.9. The van der Waals surface area contributed by atoms with Gasteiger partial charge < -0.3 is 15.1 Å². The van der Waals surface area contributed by atoms with Crippen molar-refractivity contribution in [2.24, 2.45) is 0 Å². The minimum atomic E-state index is -1.43. The van der Waals surface area contributed by atoms with Crippen molar-refractivity contribution in [1.29, 1.82) is 5.26 Å². The van der Waals surface area contributed by atoms with Crippen LogP contribution in [-0.2, 0) is 4.79 Å². The second-order valence-corrected chi connectivity index (χ2v) is 7.64. The topological polar surface area (TPSA) is 72.3 Å². The molecule has 0 saturated carbocycles. The molecule has 1 N–H and O–H groups in total. The van der Waals surface area contributed by atoms with Gasteiger partial charge in [0, 0.05) is 36.3 Å². The van der Waals surface area contributed by atoms with Gasteiger partial charge in [-0.25, -0.2) is 4.39 Å². The third kappa shape index (κ3) is 4.34. The van der Waals surface area contributed by atoms with Crippen molar-refractivity contribution in [3.05, 3.63) is 36.0 Å². The molecule has 1 amide bonds. The molecule has 1 aliphatic rings. The molecule has 0 bridgehead atoms. The van der Waals surface area contributed by atoms with Gasteiger partial charge in [0.15, 0.2) is 0 Å². The van der Waals surface area contributed by atoms with Gasteiger partial charge in [0.05, 0.1) is 24.2 Å². The van der Waals surface area contributed by atoms with E-state index in [1.54, 1.807) is 24.1 Å². The van der Waals surface area contributed by atoms with E-state index in [4.69, 9.17) is 0 Å². The van der Waals surface area contributed by atoms with Crippen LogP contribution in [0, 0.1) is 11.3 Å². The van der Waals surface area contributed by atoms with Crippen molar-refractivity contribution < 1.29 is 9.18 Å². The van der Waals surface area contributed by atoms with Gasteiger partial charge in [0.25, 0.3) is 0 Å². The van der Waals surface area contributed by atoms with Crippen LogP contribution in [0.4, 0.5) is 10.1 Å². The Hall–Kier alpha value is -2.72. The first kappa shape index (κ1) is 19.1. The van der Waals surface area contributed by atoms with E-state index in [9.17, 15) is 10.1 Å². The van der Waals surface area contributed by atoms with Gasteiger partial charge in [0.1, 0.15) is 11.7 Å². The van der Waals surface area contributed by atoms with Gasteiger partial charge in [-0.15, -0.1) is 0 Å². The maximum Gasteiger partial charge on any atom is 0.234 e. The molecule has 1 aromatic carbocycles. The number of hydrogen-bond donors (Lipinski definition) is 1. The summed E-state index contributed by atoms with van der Waals surface area (Å²) in [7, 11) is 3.64. The molecule has 2 unspecified atom stereocenters. The molecule has 3 rings (SSSR count). The first-order valence-electron chi connectivity index (χ1n) is 8.95. The quantitative estimate of drug-likeness (QED) is 0.894. The number of rotatable bonds is 4. The van der Waals surface area contributed by atoms with E-state index >= 15 is 4.39 Å². The van der Waals surface area contributed by atoms with Gasteiger partial charge >= 0.3 is 0 Å². The molecule has 1 aromatic heterocycles. The fourth-order valence-corrected chi connectivity index (χ4v) is 3.74. The van der Waals surface area contributed by atoms with Gasteiger partial charge in [-0.1, -0.05) is 0 Å². The predicted octanol–water partition coefficient (Wildman–Crippen LogP) is 2.09. The maximum atomic E-state index is 15.0. The van der Waals surface area contributed by atoms with Crippen LogP contribution < -0.4 is 10.2 Å². The van der Waals surface area contributed by atoms with E-state index in [2.05, 4.69) is 16.4 Å². The lowest BCUT2D eigenvalue weighted by Crippen LogP contribution is -2.56. The number of anilines is 1. The van der Waals surface area contributed by atoms with Crippen LogP contribution in [0.15, 0.2) is 30.5 Å². The fourth-order valence-electron chi connectivity index (χ4n) is 3.74. The number of carbonyl (C=O) groups excluding carboxylic acids is 1. The van der Waals surface area contributed by atoms with E-state index in [0.717, 1.165) is 11.1 Å². The van der Waals surface area contributed by atoms with Crippen LogP contribution in [-0.4, -0.2) is 61.2 Å². The van der Waals surface area contributed by atoms with E-state index in [0.29, 0.717) is 17.6 Å². The summed E-state index contributed by atoms with van der Waals surface area (Å²) in [5.74, 6) is -0.117. The lowest BCUT2D eigenvalue weighted by atomic mass is 9.92. The van der Waals surface area contributed by atoms with Crippen molar-refractivity contribution >= 4 is 22.5 Å². The Kier molecular flexibility index (Phi) is 5.29. The standard InChI is InChI=1S/C20H24FN5O/c1-20(21)9-15(24-18(27)12-25(2)3)11-26(13-20)17-7-6-14(10-22)19-16(17)5-4-8-23-19/h4-8,15H,9,11-13H2,1-3H3,(H,24,27). The summed E-state index contributed by atoms with van der Waals surface area (Å²) in [5, 5.41) is 13.1. The van der Waals surface area contributed by atoms with Crippen molar-refractivity contribution in [1.82, 2.24) is 15.2 Å². The third-order valence-electron chi connectivity index (χ3n) is 4.67. The SMILES string of the molecule is CN(C)CC(=O)NC1CN(c2ccc(C#N)c3ncccc23)CC(C)(F)C1. The molecule has 1 saturated heterocycles. The van der Waals surface area contributed by atoms with Crippen LogP contribution in [0.5, 0.6) is 0 Å². The average Bonchev–Trinajstić information content (AvgIpc) is 2.58. The number of nitriles is 1. The molecule has 2 heterocycles. The summed E-state index contributed by atoms with van der Waals surface area (Å²) in [6, 6.07) is 9.12. The first-order chi connectivity index (χ1) is 12.8. The molecule has 7 heteroatoms. The largest absolute Gasteiger partial charge is 0.366 e.